The third kappa shape index (κ3) is 2.23. The number of methoxy groups -OCH3 is 1. The van der Waals surface area contributed by atoms with Gasteiger partial charge in [0.1, 0.15) is 0 Å². The molecular weight excluding hydrogens is 312 g/mol. The molecule has 3 fully saturated rings. The predicted molar refractivity (Wildman–Crippen MR) is 96.8 cm³/mol. The van der Waals surface area contributed by atoms with E-state index in [1.54, 1.807) is 7.11 Å². The summed E-state index contributed by atoms with van der Waals surface area (Å²) >= 11 is 0. The first-order valence-electron chi connectivity index (χ1n) is 9.83. The van der Waals surface area contributed by atoms with Crippen molar-refractivity contribution >= 4 is 11.6 Å². The summed E-state index contributed by atoms with van der Waals surface area (Å²) in [6.07, 6.45) is 8.72. The maximum Gasteiger partial charge on any atom is 0.163 e. The molecule has 0 heterocycles. The minimum absolute atomic E-state index is 0.0274. The summed E-state index contributed by atoms with van der Waals surface area (Å²) in [4.78, 5) is 24.7. The highest BCUT2D eigenvalue weighted by Crippen LogP contribution is 2.66. The van der Waals surface area contributed by atoms with Gasteiger partial charge < -0.3 is 4.74 Å². The van der Waals surface area contributed by atoms with Gasteiger partial charge in [-0.25, -0.2) is 0 Å². The zero-order valence-corrected chi connectivity index (χ0v) is 16.0. The molecule has 3 saturated carbocycles. The molecule has 0 aromatic rings. The number of hydrogen-bond acceptors (Lipinski definition) is 3. The van der Waals surface area contributed by atoms with Gasteiger partial charge in [-0.2, -0.15) is 0 Å². The second-order valence-corrected chi connectivity index (χ2v) is 9.19. The number of hydrogen-bond donors (Lipinski definition) is 0. The van der Waals surface area contributed by atoms with Crippen LogP contribution in [0.25, 0.3) is 0 Å². The molecule has 0 N–H and O–H groups in total. The fourth-order valence-corrected chi connectivity index (χ4v) is 6.89. The first-order valence-corrected chi connectivity index (χ1v) is 9.83. The van der Waals surface area contributed by atoms with Gasteiger partial charge in [0.2, 0.25) is 0 Å². The van der Waals surface area contributed by atoms with Crippen molar-refractivity contribution in [2.45, 2.75) is 65.7 Å². The van der Waals surface area contributed by atoms with E-state index in [1.807, 2.05) is 13.0 Å². The maximum atomic E-state index is 12.8. The molecule has 0 spiro atoms. The van der Waals surface area contributed by atoms with E-state index in [2.05, 4.69) is 13.8 Å². The first-order chi connectivity index (χ1) is 11.8. The quantitative estimate of drug-likeness (QED) is 0.516. The number of carbonyl (C=O) groups is 2. The van der Waals surface area contributed by atoms with Crippen molar-refractivity contribution in [3.05, 3.63) is 23.0 Å². The lowest BCUT2D eigenvalue weighted by atomic mass is 9.47. The summed E-state index contributed by atoms with van der Waals surface area (Å²) in [7, 11) is 1.68. The largest absolute Gasteiger partial charge is 0.501 e. The van der Waals surface area contributed by atoms with Crippen LogP contribution in [0.2, 0.25) is 0 Å². The number of carbonyl (C=O) groups excluding carboxylic acids is 2. The van der Waals surface area contributed by atoms with Crippen LogP contribution in [0, 0.1) is 28.6 Å². The first kappa shape index (κ1) is 17.1. The molecule has 25 heavy (non-hydrogen) atoms. The molecule has 4 aliphatic carbocycles. The summed E-state index contributed by atoms with van der Waals surface area (Å²) < 4.78 is 5.48. The van der Waals surface area contributed by atoms with Crippen molar-refractivity contribution in [2.75, 3.05) is 7.11 Å². The second-order valence-electron chi connectivity index (χ2n) is 9.19. The van der Waals surface area contributed by atoms with Gasteiger partial charge in [0.25, 0.3) is 0 Å². The lowest BCUT2D eigenvalue weighted by molar-refractivity contribution is -0.117. The Labute approximate surface area is 150 Å². The molecule has 136 valence electrons. The zero-order valence-electron chi connectivity index (χ0n) is 16.0. The molecule has 0 saturated heterocycles. The van der Waals surface area contributed by atoms with Crippen molar-refractivity contribution in [3.8, 4) is 0 Å². The van der Waals surface area contributed by atoms with Crippen LogP contribution in [-0.4, -0.2) is 18.7 Å². The Morgan fingerprint density at radius 1 is 1.08 bits per heavy atom. The molecule has 3 heteroatoms. The lowest BCUT2D eigenvalue weighted by Crippen LogP contribution is -2.49. The normalized spacial score (nSPS) is 45.3. The number of rotatable bonds is 1. The summed E-state index contributed by atoms with van der Waals surface area (Å²) in [5, 5.41) is 0. The highest BCUT2D eigenvalue weighted by atomic mass is 16.5. The fourth-order valence-electron chi connectivity index (χ4n) is 6.89. The Morgan fingerprint density at radius 2 is 1.84 bits per heavy atom. The van der Waals surface area contributed by atoms with Gasteiger partial charge in [-0.1, -0.05) is 19.4 Å². The summed E-state index contributed by atoms with van der Waals surface area (Å²) in [6, 6.07) is 0. The van der Waals surface area contributed by atoms with Crippen LogP contribution < -0.4 is 0 Å². The Kier molecular flexibility index (Phi) is 3.79. The van der Waals surface area contributed by atoms with E-state index in [0.29, 0.717) is 42.2 Å². The number of ether oxygens (including phenoxy) is 1. The molecule has 0 aromatic carbocycles. The predicted octanol–water partition coefficient (Wildman–Crippen LogP) is 4.62. The van der Waals surface area contributed by atoms with Crippen LogP contribution >= 0.6 is 0 Å². The van der Waals surface area contributed by atoms with Crippen molar-refractivity contribution in [2.24, 2.45) is 28.6 Å². The topological polar surface area (TPSA) is 43.4 Å². The maximum absolute atomic E-state index is 12.8. The molecule has 0 bridgehead atoms. The highest BCUT2D eigenvalue weighted by Gasteiger charge is 2.60. The molecule has 0 unspecified atom stereocenters. The van der Waals surface area contributed by atoms with E-state index in [1.165, 1.54) is 5.57 Å². The summed E-state index contributed by atoms with van der Waals surface area (Å²) in [6.45, 7) is 6.64. The zero-order chi connectivity index (χ0) is 18.0. The van der Waals surface area contributed by atoms with Crippen molar-refractivity contribution in [1.29, 1.82) is 0 Å². The molecule has 0 aromatic heterocycles. The van der Waals surface area contributed by atoms with Crippen molar-refractivity contribution in [1.82, 2.24) is 0 Å². The number of allylic oxidation sites excluding steroid dienone is 3. The van der Waals surface area contributed by atoms with Crippen LogP contribution in [0.15, 0.2) is 23.0 Å². The monoisotopic (exact) mass is 342 g/mol. The molecule has 0 aliphatic heterocycles. The Bertz CT molecular complexity index is 700. The Hall–Kier alpha value is -1.38. The van der Waals surface area contributed by atoms with Crippen LogP contribution in [-0.2, 0) is 14.3 Å². The smallest absolute Gasteiger partial charge is 0.163 e. The third-order valence-electron chi connectivity index (χ3n) is 8.27. The van der Waals surface area contributed by atoms with E-state index >= 15 is 0 Å². The van der Waals surface area contributed by atoms with Crippen LogP contribution in [0.3, 0.4) is 0 Å². The van der Waals surface area contributed by atoms with Gasteiger partial charge in [0.15, 0.2) is 11.6 Å². The second kappa shape index (κ2) is 5.56. The van der Waals surface area contributed by atoms with Gasteiger partial charge >= 0.3 is 0 Å². The summed E-state index contributed by atoms with van der Waals surface area (Å²) in [5.74, 6) is 3.09. The van der Waals surface area contributed by atoms with E-state index in [4.69, 9.17) is 4.74 Å². The molecule has 0 amide bonds. The van der Waals surface area contributed by atoms with Crippen molar-refractivity contribution < 1.29 is 14.3 Å². The van der Waals surface area contributed by atoms with Gasteiger partial charge in [0.05, 0.1) is 12.9 Å². The minimum atomic E-state index is -0.0274. The highest BCUT2D eigenvalue weighted by molar-refractivity contribution is 6.00. The number of Topliss-reactive ketones (excluding diaryl/α,β-unsaturated/α-hetero) is 1. The van der Waals surface area contributed by atoms with Gasteiger partial charge in [0, 0.05) is 23.8 Å². The average molecular weight is 342 g/mol. The van der Waals surface area contributed by atoms with E-state index in [9.17, 15) is 9.59 Å². The summed E-state index contributed by atoms with van der Waals surface area (Å²) in [5.41, 5.74) is 2.50. The Balaban J connectivity index is 1.72. The standard InChI is InChI=1S/C22H30O3/c1-13(25-4)20-19(24)12-18-16-6-5-14-11-15(23)7-9-21(14,2)17(16)8-10-22(18,20)3/h11,16-18H,5-10,12H2,1-4H3/t16-,17+,18-,21+,22+/m0/s1. The van der Waals surface area contributed by atoms with Gasteiger partial charge in [-0.3, -0.25) is 9.59 Å². The average Bonchev–Trinajstić information content (AvgIpc) is 2.85. The molecular formula is C22H30O3. The number of fused-ring (bicyclic) bond motifs is 5. The van der Waals surface area contributed by atoms with E-state index in [-0.39, 0.29) is 10.8 Å². The molecule has 0 radical (unpaired) electrons. The lowest BCUT2D eigenvalue weighted by Gasteiger charge is -2.57. The van der Waals surface area contributed by atoms with Gasteiger partial charge in [-0.15, -0.1) is 0 Å². The molecule has 3 nitrogen and oxygen atoms in total. The fraction of sp³-hybridized carbons (Fsp3) is 0.727. The molecule has 4 aliphatic rings. The molecule has 4 rings (SSSR count). The van der Waals surface area contributed by atoms with Crippen LogP contribution in [0.1, 0.15) is 65.7 Å². The van der Waals surface area contributed by atoms with Gasteiger partial charge in [-0.05, 0) is 68.3 Å². The van der Waals surface area contributed by atoms with E-state index < -0.39 is 0 Å². The Morgan fingerprint density at radius 3 is 2.56 bits per heavy atom. The third-order valence-corrected chi connectivity index (χ3v) is 8.27. The SMILES string of the molecule is COC(C)=C1C(=O)C[C@H]2[C@H]3CCC4=CC(=O)CC[C@@]4(C)[C@@H]3CC[C@@]12C. The number of ketones is 2. The van der Waals surface area contributed by atoms with Crippen LogP contribution in [0.5, 0.6) is 0 Å². The van der Waals surface area contributed by atoms with Crippen molar-refractivity contribution in [3.63, 3.8) is 0 Å². The van der Waals surface area contributed by atoms with Crippen LogP contribution in [0.4, 0.5) is 0 Å². The minimum Gasteiger partial charge on any atom is -0.501 e. The van der Waals surface area contributed by atoms with E-state index in [0.717, 1.165) is 43.4 Å². The molecule has 5 atom stereocenters.